The summed E-state index contributed by atoms with van der Waals surface area (Å²) in [6, 6.07) is 14.0. The van der Waals surface area contributed by atoms with Crippen LogP contribution in [0.4, 0.5) is 0 Å². The highest BCUT2D eigenvalue weighted by Gasteiger charge is 2.39. The van der Waals surface area contributed by atoms with Crippen LogP contribution in [0.1, 0.15) is 69.2 Å². The fourth-order valence-electron chi connectivity index (χ4n) is 4.10. The van der Waals surface area contributed by atoms with Gasteiger partial charge in [-0.1, -0.05) is 56.7 Å². The third kappa shape index (κ3) is 4.58. The molecule has 1 aliphatic heterocycles. The van der Waals surface area contributed by atoms with E-state index in [9.17, 15) is 4.79 Å². The van der Waals surface area contributed by atoms with Crippen molar-refractivity contribution in [2.45, 2.75) is 78.0 Å². The van der Waals surface area contributed by atoms with Gasteiger partial charge >= 0.3 is 0 Å². The van der Waals surface area contributed by atoms with Crippen LogP contribution in [-0.4, -0.2) is 17.6 Å². The lowest BCUT2D eigenvalue weighted by Gasteiger charge is -2.42. The number of nitrogens with one attached hydrogen (secondary N) is 1. The van der Waals surface area contributed by atoms with E-state index in [4.69, 9.17) is 9.47 Å². The topological polar surface area (TPSA) is 47.6 Å². The number of hydrogen-bond acceptors (Lipinski definition) is 3. The molecule has 4 nitrogen and oxygen atoms in total. The molecule has 0 unspecified atom stereocenters. The Bertz CT molecular complexity index is 857. The summed E-state index contributed by atoms with van der Waals surface area (Å²) in [5.41, 5.74) is 3.02. The van der Waals surface area contributed by atoms with Gasteiger partial charge in [0.15, 0.2) is 6.10 Å². The molecule has 2 aromatic rings. The van der Waals surface area contributed by atoms with Crippen molar-refractivity contribution in [1.29, 1.82) is 0 Å². The number of benzene rings is 2. The van der Waals surface area contributed by atoms with Crippen molar-refractivity contribution in [2.24, 2.45) is 0 Å². The van der Waals surface area contributed by atoms with E-state index in [0.717, 1.165) is 41.9 Å². The quantitative estimate of drug-likeness (QED) is 0.658. The fourth-order valence-corrected chi connectivity index (χ4v) is 4.10. The van der Waals surface area contributed by atoms with Crippen LogP contribution in [0.15, 0.2) is 42.5 Å². The number of carbonyl (C=O) groups excluding carboxylic acids is 1. The monoisotopic (exact) mass is 395 g/mol. The van der Waals surface area contributed by atoms with E-state index >= 15 is 0 Å². The molecule has 0 fully saturated rings. The first-order chi connectivity index (χ1) is 13.9. The van der Waals surface area contributed by atoms with Crippen LogP contribution in [0.2, 0.25) is 0 Å². The zero-order chi connectivity index (χ0) is 21.0. The number of rotatable bonds is 7. The summed E-state index contributed by atoms with van der Waals surface area (Å²) in [6.07, 6.45) is 2.66. The summed E-state index contributed by atoms with van der Waals surface area (Å²) in [5, 5.41) is 3.26. The minimum Gasteiger partial charge on any atom is -0.487 e. The zero-order valence-electron chi connectivity index (χ0n) is 18.2. The van der Waals surface area contributed by atoms with Gasteiger partial charge < -0.3 is 14.8 Å². The number of carbonyl (C=O) groups is 1. The van der Waals surface area contributed by atoms with Gasteiger partial charge in [-0.15, -0.1) is 0 Å². The number of fused-ring (bicyclic) bond motifs is 1. The average molecular weight is 396 g/mol. The first-order valence-corrected chi connectivity index (χ1v) is 10.7. The highest BCUT2D eigenvalue weighted by atomic mass is 16.5. The molecule has 0 spiro atoms. The summed E-state index contributed by atoms with van der Waals surface area (Å²) < 4.78 is 12.5. The van der Waals surface area contributed by atoms with Crippen molar-refractivity contribution in [3.8, 4) is 11.5 Å². The third-order valence-corrected chi connectivity index (χ3v) is 6.07. The Morgan fingerprint density at radius 3 is 2.55 bits per heavy atom. The first-order valence-electron chi connectivity index (χ1n) is 10.7. The Morgan fingerprint density at radius 2 is 1.90 bits per heavy atom. The summed E-state index contributed by atoms with van der Waals surface area (Å²) in [7, 11) is 0. The molecule has 1 N–H and O–H groups in total. The van der Waals surface area contributed by atoms with Gasteiger partial charge in [0.25, 0.3) is 5.91 Å². The lowest BCUT2D eigenvalue weighted by Crippen LogP contribution is -2.47. The van der Waals surface area contributed by atoms with Crippen molar-refractivity contribution < 1.29 is 14.3 Å². The minimum atomic E-state index is -0.524. The summed E-state index contributed by atoms with van der Waals surface area (Å²) >= 11 is 0. The molecule has 156 valence electrons. The van der Waals surface area contributed by atoms with Gasteiger partial charge in [0.2, 0.25) is 0 Å². The second-order valence-electron chi connectivity index (χ2n) is 8.08. The molecule has 0 saturated carbocycles. The van der Waals surface area contributed by atoms with E-state index in [0.29, 0.717) is 6.42 Å². The molecule has 3 rings (SSSR count). The van der Waals surface area contributed by atoms with Crippen LogP contribution in [0.25, 0.3) is 0 Å². The maximum Gasteiger partial charge on any atom is 0.261 e. The highest BCUT2D eigenvalue weighted by Crippen LogP contribution is 2.42. The first kappa shape index (κ1) is 21.2. The van der Waals surface area contributed by atoms with Crippen molar-refractivity contribution in [3.63, 3.8) is 0 Å². The maximum absolute atomic E-state index is 13.1. The minimum absolute atomic E-state index is 0.0738. The van der Waals surface area contributed by atoms with Gasteiger partial charge in [-0.3, -0.25) is 4.79 Å². The largest absolute Gasteiger partial charge is 0.487 e. The summed E-state index contributed by atoms with van der Waals surface area (Å²) in [5.74, 6) is 1.56. The van der Waals surface area contributed by atoms with Crippen LogP contribution in [0.3, 0.4) is 0 Å². The van der Waals surface area contributed by atoms with Crippen molar-refractivity contribution in [1.82, 2.24) is 5.32 Å². The van der Waals surface area contributed by atoms with Gasteiger partial charge in [-0.25, -0.2) is 0 Å². The summed E-state index contributed by atoms with van der Waals surface area (Å²) in [6.45, 7) is 10.3. The van der Waals surface area contributed by atoms with Crippen molar-refractivity contribution in [3.05, 3.63) is 59.2 Å². The molecular weight excluding hydrogens is 362 g/mol. The SMILES string of the molecule is CC[C@H](Oc1ccc(C)cc1C)C(=O)N[C@@H]1CC(CC)(CC)Oc2ccccc21. The molecule has 4 heteroatoms. The number of ether oxygens (including phenoxy) is 2. The lowest BCUT2D eigenvalue weighted by atomic mass is 9.83. The van der Waals surface area contributed by atoms with E-state index in [1.54, 1.807) is 0 Å². The average Bonchev–Trinajstić information content (AvgIpc) is 2.73. The van der Waals surface area contributed by atoms with Crippen LogP contribution in [0, 0.1) is 13.8 Å². The van der Waals surface area contributed by atoms with Crippen LogP contribution in [-0.2, 0) is 4.79 Å². The second-order valence-corrected chi connectivity index (χ2v) is 8.08. The summed E-state index contributed by atoms with van der Waals surface area (Å²) in [4.78, 5) is 13.1. The van der Waals surface area contributed by atoms with E-state index in [-0.39, 0.29) is 17.6 Å². The molecule has 0 aromatic heterocycles. The molecule has 1 heterocycles. The maximum atomic E-state index is 13.1. The number of para-hydroxylation sites is 1. The molecule has 1 amide bonds. The van der Waals surface area contributed by atoms with Gasteiger partial charge in [0, 0.05) is 12.0 Å². The predicted octanol–water partition coefficient (Wildman–Crippen LogP) is 5.66. The molecule has 0 aliphatic carbocycles. The highest BCUT2D eigenvalue weighted by molar-refractivity contribution is 5.81. The third-order valence-electron chi connectivity index (χ3n) is 6.07. The van der Waals surface area contributed by atoms with E-state index in [1.807, 2.05) is 50.2 Å². The molecule has 29 heavy (non-hydrogen) atoms. The Morgan fingerprint density at radius 1 is 1.17 bits per heavy atom. The molecule has 1 aliphatic rings. The molecule has 2 atom stereocenters. The predicted molar refractivity (Wildman–Crippen MR) is 117 cm³/mol. The molecule has 0 saturated heterocycles. The van der Waals surface area contributed by atoms with E-state index in [2.05, 4.69) is 32.2 Å². The Balaban J connectivity index is 1.80. The molecule has 0 radical (unpaired) electrons. The normalized spacial score (nSPS) is 18.3. The van der Waals surface area contributed by atoms with E-state index in [1.165, 1.54) is 5.56 Å². The van der Waals surface area contributed by atoms with Crippen molar-refractivity contribution in [2.75, 3.05) is 0 Å². The Labute approximate surface area is 174 Å². The van der Waals surface area contributed by atoms with Crippen LogP contribution < -0.4 is 14.8 Å². The standard InChI is InChI=1S/C25H33NO3/c1-6-21(28-22-14-13-17(4)15-18(22)5)24(27)26-20-16-25(7-2,8-3)29-23-12-10-9-11-19(20)23/h9-15,20-21H,6-8,16H2,1-5H3,(H,26,27)/t20-,21+/m1/s1. The van der Waals surface area contributed by atoms with Gasteiger partial charge in [0.05, 0.1) is 6.04 Å². The molecular formula is C25H33NO3. The van der Waals surface area contributed by atoms with Crippen molar-refractivity contribution >= 4 is 5.91 Å². The second kappa shape index (κ2) is 8.89. The fraction of sp³-hybridized carbons (Fsp3) is 0.480. The molecule has 2 aromatic carbocycles. The van der Waals surface area contributed by atoms with Gasteiger partial charge in [0.1, 0.15) is 17.1 Å². The van der Waals surface area contributed by atoms with E-state index < -0.39 is 6.10 Å². The molecule has 0 bridgehead atoms. The van der Waals surface area contributed by atoms with Gasteiger partial charge in [-0.2, -0.15) is 0 Å². The number of amides is 1. The number of aryl methyl sites for hydroxylation is 2. The van der Waals surface area contributed by atoms with Gasteiger partial charge in [-0.05, 0) is 50.8 Å². The Kier molecular flexibility index (Phi) is 6.51. The Hall–Kier alpha value is -2.49. The lowest BCUT2D eigenvalue weighted by molar-refractivity contribution is -0.129. The number of hydrogen-bond donors (Lipinski definition) is 1. The van der Waals surface area contributed by atoms with Crippen LogP contribution in [0.5, 0.6) is 11.5 Å². The zero-order valence-corrected chi connectivity index (χ0v) is 18.2. The smallest absolute Gasteiger partial charge is 0.261 e. The van der Waals surface area contributed by atoms with Crippen LogP contribution >= 0.6 is 0 Å².